The van der Waals surface area contributed by atoms with Gasteiger partial charge in [0.05, 0.1) is 24.5 Å². The van der Waals surface area contributed by atoms with Crippen molar-refractivity contribution in [2.75, 3.05) is 44.7 Å². The summed E-state index contributed by atoms with van der Waals surface area (Å²) >= 11 is 0. The largest absolute Gasteiger partial charge is 0.487 e. The lowest BCUT2D eigenvalue weighted by molar-refractivity contribution is 0.0398. The Morgan fingerprint density at radius 1 is 1.15 bits per heavy atom. The van der Waals surface area contributed by atoms with Gasteiger partial charge < -0.3 is 19.9 Å². The normalized spacial score (nSPS) is 14.8. The molecule has 0 saturated carbocycles. The van der Waals surface area contributed by atoms with Crippen LogP contribution in [0.15, 0.2) is 48.5 Å². The number of nitrogens with zero attached hydrogens (tertiary/aromatic N) is 1. The maximum absolute atomic E-state index is 11.3. The van der Waals surface area contributed by atoms with E-state index in [9.17, 15) is 9.90 Å². The Morgan fingerprint density at radius 2 is 1.92 bits per heavy atom. The van der Waals surface area contributed by atoms with E-state index in [0.717, 1.165) is 38.4 Å². The summed E-state index contributed by atoms with van der Waals surface area (Å²) in [6, 6.07) is 14.8. The quantitative estimate of drug-likeness (QED) is 0.758. The van der Waals surface area contributed by atoms with Crippen molar-refractivity contribution in [3.8, 4) is 5.75 Å². The third kappa shape index (κ3) is 5.21. The molecule has 1 aliphatic rings. The fourth-order valence-electron chi connectivity index (χ4n) is 2.84. The average molecular weight is 356 g/mol. The van der Waals surface area contributed by atoms with Crippen LogP contribution < -0.4 is 10.1 Å². The van der Waals surface area contributed by atoms with Crippen molar-refractivity contribution in [3.63, 3.8) is 0 Å². The van der Waals surface area contributed by atoms with Gasteiger partial charge in [-0.1, -0.05) is 30.3 Å². The van der Waals surface area contributed by atoms with Crippen LogP contribution in [-0.2, 0) is 11.3 Å². The van der Waals surface area contributed by atoms with Crippen LogP contribution in [-0.4, -0.2) is 55.4 Å². The van der Waals surface area contributed by atoms with Crippen LogP contribution in [0.5, 0.6) is 5.75 Å². The average Bonchev–Trinajstić information content (AvgIpc) is 2.68. The molecule has 0 aliphatic carbocycles. The van der Waals surface area contributed by atoms with E-state index in [1.807, 2.05) is 30.3 Å². The smallest absolute Gasteiger partial charge is 0.335 e. The van der Waals surface area contributed by atoms with E-state index >= 15 is 0 Å². The zero-order valence-corrected chi connectivity index (χ0v) is 14.7. The molecule has 2 N–H and O–H groups in total. The second-order valence-corrected chi connectivity index (χ2v) is 6.17. The van der Waals surface area contributed by atoms with Crippen molar-refractivity contribution < 1.29 is 19.4 Å². The Kier molecular flexibility index (Phi) is 6.46. The van der Waals surface area contributed by atoms with Gasteiger partial charge in [-0.3, -0.25) is 4.90 Å². The van der Waals surface area contributed by atoms with Crippen molar-refractivity contribution in [2.24, 2.45) is 0 Å². The van der Waals surface area contributed by atoms with Crippen LogP contribution in [0.4, 0.5) is 5.69 Å². The fourth-order valence-corrected chi connectivity index (χ4v) is 2.84. The Hall–Kier alpha value is -2.57. The molecule has 0 radical (unpaired) electrons. The summed E-state index contributed by atoms with van der Waals surface area (Å²) in [7, 11) is 0. The molecule has 26 heavy (non-hydrogen) atoms. The molecule has 0 atom stereocenters. The molecule has 6 heteroatoms. The predicted molar refractivity (Wildman–Crippen MR) is 99.9 cm³/mol. The van der Waals surface area contributed by atoms with Crippen molar-refractivity contribution in [3.05, 3.63) is 59.7 Å². The highest BCUT2D eigenvalue weighted by molar-refractivity contribution is 5.89. The van der Waals surface area contributed by atoms with Gasteiger partial charge >= 0.3 is 5.97 Å². The zero-order chi connectivity index (χ0) is 18.2. The fraction of sp³-hybridized carbons (Fsp3) is 0.350. The number of carboxylic acid groups (broad SMARTS) is 1. The highest BCUT2D eigenvalue weighted by atomic mass is 16.5. The minimum absolute atomic E-state index is 0.242. The third-order valence-electron chi connectivity index (χ3n) is 4.31. The molecule has 0 amide bonds. The minimum atomic E-state index is -0.948. The molecule has 3 rings (SSSR count). The van der Waals surface area contributed by atoms with Gasteiger partial charge in [0.25, 0.3) is 0 Å². The standard InChI is InChI=1S/C20H24N2O4/c23-20(24)17-6-7-19(26-15-16-4-2-1-3-5-16)18(14-17)21-8-9-22-10-12-25-13-11-22/h1-7,14,21H,8-13,15H2,(H,23,24). The number of hydrogen-bond acceptors (Lipinski definition) is 5. The summed E-state index contributed by atoms with van der Waals surface area (Å²) in [6.45, 7) is 5.40. The van der Waals surface area contributed by atoms with Crippen LogP contribution in [0.1, 0.15) is 15.9 Å². The molecular formula is C20H24N2O4. The number of benzene rings is 2. The number of carbonyl (C=O) groups is 1. The molecule has 0 unspecified atom stereocenters. The monoisotopic (exact) mass is 356 g/mol. The van der Waals surface area contributed by atoms with Gasteiger partial charge in [0.15, 0.2) is 0 Å². The maximum Gasteiger partial charge on any atom is 0.335 e. The first kappa shape index (κ1) is 18.2. The van der Waals surface area contributed by atoms with Crippen molar-refractivity contribution >= 4 is 11.7 Å². The second kappa shape index (κ2) is 9.22. The number of nitrogens with one attached hydrogen (secondary N) is 1. The van der Waals surface area contributed by atoms with E-state index in [0.29, 0.717) is 24.6 Å². The van der Waals surface area contributed by atoms with Gasteiger partial charge in [0.1, 0.15) is 12.4 Å². The number of rotatable bonds is 8. The van der Waals surface area contributed by atoms with E-state index < -0.39 is 5.97 Å². The number of hydrogen-bond donors (Lipinski definition) is 2. The Labute approximate surface area is 153 Å². The molecule has 138 valence electrons. The van der Waals surface area contributed by atoms with E-state index in [4.69, 9.17) is 9.47 Å². The van der Waals surface area contributed by atoms with Crippen molar-refractivity contribution in [1.82, 2.24) is 4.90 Å². The molecule has 6 nitrogen and oxygen atoms in total. The molecule has 1 heterocycles. The molecular weight excluding hydrogens is 332 g/mol. The summed E-state index contributed by atoms with van der Waals surface area (Å²) in [5.41, 5.74) is 2.01. The number of carboxylic acids is 1. The Morgan fingerprint density at radius 3 is 2.65 bits per heavy atom. The number of aromatic carboxylic acids is 1. The maximum atomic E-state index is 11.3. The van der Waals surface area contributed by atoms with Crippen LogP contribution >= 0.6 is 0 Å². The zero-order valence-electron chi connectivity index (χ0n) is 14.7. The van der Waals surface area contributed by atoms with Gasteiger partial charge in [-0.05, 0) is 23.8 Å². The third-order valence-corrected chi connectivity index (χ3v) is 4.31. The SMILES string of the molecule is O=C(O)c1ccc(OCc2ccccc2)c(NCCN2CCOCC2)c1. The van der Waals surface area contributed by atoms with Crippen LogP contribution in [0.3, 0.4) is 0 Å². The van der Waals surface area contributed by atoms with Gasteiger partial charge in [0, 0.05) is 26.2 Å². The Bertz CT molecular complexity index is 715. The molecule has 1 aliphatic heterocycles. The molecule has 0 aromatic heterocycles. The first-order chi connectivity index (χ1) is 12.7. The predicted octanol–water partition coefficient (Wildman–Crippen LogP) is 2.71. The summed E-state index contributed by atoms with van der Waals surface area (Å²) in [5, 5.41) is 12.6. The van der Waals surface area contributed by atoms with E-state index in [1.165, 1.54) is 0 Å². The van der Waals surface area contributed by atoms with Crippen molar-refractivity contribution in [2.45, 2.75) is 6.61 Å². The lowest BCUT2D eigenvalue weighted by Crippen LogP contribution is -2.39. The lowest BCUT2D eigenvalue weighted by atomic mass is 10.2. The molecule has 1 saturated heterocycles. The van der Waals surface area contributed by atoms with E-state index in [1.54, 1.807) is 18.2 Å². The van der Waals surface area contributed by atoms with E-state index in [-0.39, 0.29) is 5.56 Å². The van der Waals surface area contributed by atoms with Gasteiger partial charge in [-0.2, -0.15) is 0 Å². The van der Waals surface area contributed by atoms with Gasteiger partial charge in [0.2, 0.25) is 0 Å². The second-order valence-electron chi connectivity index (χ2n) is 6.17. The summed E-state index contributed by atoms with van der Waals surface area (Å²) in [4.78, 5) is 13.6. The molecule has 2 aromatic carbocycles. The van der Waals surface area contributed by atoms with Crippen molar-refractivity contribution in [1.29, 1.82) is 0 Å². The first-order valence-corrected chi connectivity index (χ1v) is 8.80. The molecule has 1 fully saturated rings. The summed E-state index contributed by atoms with van der Waals surface area (Å²) in [5.74, 6) is -0.295. The highest BCUT2D eigenvalue weighted by Gasteiger charge is 2.12. The van der Waals surface area contributed by atoms with Crippen LogP contribution in [0.25, 0.3) is 0 Å². The summed E-state index contributed by atoms with van der Waals surface area (Å²) in [6.07, 6.45) is 0. The number of morpholine rings is 1. The lowest BCUT2D eigenvalue weighted by Gasteiger charge is -2.26. The Balaban J connectivity index is 1.63. The molecule has 0 spiro atoms. The topological polar surface area (TPSA) is 71.0 Å². The highest BCUT2D eigenvalue weighted by Crippen LogP contribution is 2.27. The van der Waals surface area contributed by atoms with Gasteiger partial charge in [-0.15, -0.1) is 0 Å². The summed E-state index contributed by atoms with van der Waals surface area (Å²) < 4.78 is 11.3. The molecule has 2 aromatic rings. The first-order valence-electron chi connectivity index (χ1n) is 8.80. The molecule has 0 bridgehead atoms. The van der Waals surface area contributed by atoms with Crippen LogP contribution in [0, 0.1) is 0 Å². The van der Waals surface area contributed by atoms with Gasteiger partial charge in [-0.25, -0.2) is 4.79 Å². The minimum Gasteiger partial charge on any atom is -0.487 e. The van der Waals surface area contributed by atoms with E-state index in [2.05, 4.69) is 10.2 Å². The number of anilines is 1. The van der Waals surface area contributed by atoms with Crippen LogP contribution in [0.2, 0.25) is 0 Å². The number of ether oxygens (including phenoxy) is 2.